The molecule has 2 heterocycles. The molecule has 1 aliphatic heterocycles. The number of aryl methyl sites for hydroxylation is 2. The minimum Gasteiger partial charge on any atom is -0.489 e. The van der Waals surface area contributed by atoms with Crippen LogP contribution in [-0.4, -0.2) is 55.2 Å². The molecule has 1 aromatic carbocycles. The SMILES string of the molecule is Cc1noc(C)c1COc1ccc(CC(=O)NCCCN2CCNCC2)cc1. The normalized spacial score (nSPS) is 14.8. The number of rotatable bonds is 9. The number of hydrogen-bond acceptors (Lipinski definition) is 6. The first kappa shape index (κ1) is 20.4. The predicted molar refractivity (Wildman–Crippen MR) is 107 cm³/mol. The van der Waals surface area contributed by atoms with Gasteiger partial charge in [0.05, 0.1) is 17.7 Å². The van der Waals surface area contributed by atoms with E-state index in [0.29, 0.717) is 13.0 Å². The summed E-state index contributed by atoms with van der Waals surface area (Å²) in [5.41, 5.74) is 2.80. The standard InChI is InChI=1S/C21H30N4O3/c1-16-20(17(2)28-24-16)15-27-19-6-4-18(5-7-19)14-21(26)23-8-3-11-25-12-9-22-10-13-25/h4-7,22H,3,8-15H2,1-2H3,(H,23,26). The van der Waals surface area contributed by atoms with Crippen LogP contribution in [0.4, 0.5) is 0 Å². The average molecular weight is 386 g/mol. The van der Waals surface area contributed by atoms with Crippen molar-refractivity contribution >= 4 is 5.91 Å². The summed E-state index contributed by atoms with van der Waals surface area (Å²) in [5.74, 6) is 1.60. The molecule has 3 rings (SSSR count). The lowest BCUT2D eigenvalue weighted by Crippen LogP contribution is -2.44. The van der Waals surface area contributed by atoms with Crippen LogP contribution >= 0.6 is 0 Å². The maximum atomic E-state index is 12.1. The summed E-state index contributed by atoms with van der Waals surface area (Å²) >= 11 is 0. The second-order valence-corrected chi connectivity index (χ2v) is 7.21. The van der Waals surface area contributed by atoms with Crippen molar-refractivity contribution in [1.29, 1.82) is 0 Å². The molecule has 7 heteroatoms. The molecule has 2 aromatic rings. The van der Waals surface area contributed by atoms with E-state index in [1.807, 2.05) is 38.1 Å². The van der Waals surface area contributed by atoms with Gasteiger partial charge in [0.2, 0.25) is 5.91 Å². The zero-order chi connectivity index (χ0) is 19.8. The summed E-state index contributed by atoms with van der Waals surface area (Å²) in [6.45, 7) is 10.3. The molecule has 1 amide bonds. The minimum absolute atomic E-state index is 0.0599. The van der Waals surface area contributed by atoms with Gasteiger partial charge in [-0.2, -0.15) is 0 Å². The van der Waals surface area contributed by atoms with E-state index >= 15 is 0 Å². The van der Waals surface area contributed by atoms with Gasteiger partial charge in [-0.05, 0) is 44.5 Å². The van der Waals surface area contributed by atoms with E-state index in [9.17, 15) is 4.79 Å². The number of hydrogen-bond donors (Lipinski definition) is 2. The number of nitrogens with zero attached hydrogens (tertiary/aromatic N) is 2. The van der Waals surface area contributed by atoms with Crippen LogP contribution in [0.5, 0.6) is 5.75 Å². The number of piperazine rings is 1. The maximum absolute atomic E-state index is 12.1. The Morgan fingerprint density at radius 3 is 2.68 bits per heavy atom. The van der Waals surface area contributed by atoms with Crippen molar-refractivity contribution in [2.24, 2.45) is 0 Å². The zero-order valence-corrected chi connectivity index (χ0v) is 16.8. The summed E-state index contributed by atoms with van der Waals surface area (Å²) in [7, 11) is 0. The molecule has 0 unspecified atom stereocenters. The first-order valence-corrected chi connectivity index (χ1v) is 9.95. The van der Waals surface area contributed by atoms with E-state index in [2.05, 4.69) is 20.7 Å². The molecule has 28 heavy (non-hydrogen) atoms. The van der Waals surface area contributed by atoms with Gasteiger partial charge in [-0.3, -0.25) is 4.79 Å². The van der Waals surface area contributed by atoms with E-state index in [0.717, 1.165) is 74.0 Å². The number of amides is 1. The largest absolute Gasteiger partial charge is 0.489 e. The summed E-state index contributed by atoms with van der Waals surface area (Å²) in [4.78, 5) is 14.6. The third kappa shape index (κ3) is 6.07. The number of carbonyl (C=O) groups is 1. The van der Waals surface area contributed by atoms with Crippen molar-refractivity contribution in [2.45, 2.75) is 33.3 Å². The van der Waals surface area contributed by atoms with Gasteiger partial charge in [-0.25, -0.2) is 0 Å². The highest BCUT2D eigenvalue weighted by Gasteiger charge is 2.11. The van der Waals surface area contributed by atoms with Gasteiger partial charge in [-0.1, -0.05) is 17.3 Å². The Hall–Kier alpha value is -2.38. The van der Waals surface area contributed by atoms with Gasteiger partial charge in [0, 0.05) is 32.7 Å². The Bertz CT molecular complexity index is 732. The zero-order valence-electron chi connectivity index (χ0n) is 16.8. The van der Waals surface area contributed by atoms with Crippen molar-refractivity contribution in [3.8, 4) is 5.75 Å². The maximum Gasteiger partial charge on any atom is 0.224 e. The molecule has 2 N–H and O–H groups in total. The van der Waals surface area contributed by atoms with Gasteiger partial charge in [0.25, 0.3) is 0 Å². The highest BCUT2D eigenvalue weighted by molar-refractivity contribution is 5.78. The van der Waals surface area contributed by atoms with Gasteiger partial charge in [0.15, 0.2) is 0 Å². The van der Waals surface area contributed by atoms with E-state index in [4.69, 9.17) is 9.26 Å². The topological polar surface area (TPSA) is 79.6 Å². The first-order valence-electron chi connectivity index (χ1n) is 9.95. The Labute approximate surface area is 166 Å². The highest BCUT2D eigenvalue weighted by atomic mass is 16.5. The van der Waals surface area contributed by atoms with Crippen molar-refractivity contribution < 1.29 is 14.1 Å². The van der Waals surface area contributed by atoms with Crippen LogP contribution in [0.25, 0.3) is 0 Å². The number of aromatic nitrogens is 1. The fourth-order valence-corrected chi connectivity index (χ4v) is 3.28. The monoisotopic (exact) mass is 386 g/mol. The van der Waals surface area contributed by atoms with Crippen molar-refractivity contribution in [2.75, 3.05) is 39.3 Å². The second-order valence-electron chi connectivity index (χ2n) is 7.21. The predicted octanol–water partition coefficient (Wildman–Crippen LogP) is 1.82. The van der Waals surface area contributed by atoms with Gasteiger partial charge < -0.3 is 24.8 Å². The smallest absolute Gasteiger partial charge is 0.224 e. The molecule has 0 spiro atoms. The molecule has 0 atom stereocenters. The molecular weight excluding hydrogens is 356 g/mol. The van der Waals surface area contributed by atoms with Gasteiger partial charge >= 0.3 is 0 Å². The van der Waals surface area contributed by atoms with E-state index < -0.39 is 0 Å². The lowest BCUT2D eigenvalue weighted by molar-refractivity contribution is -0.120. The molecule has 0 aliphatic carbocycles. The van der Waals surface area contributed by atoms with E-state index in [-0.39, 0.29) is 5.91 Å². The van der Waals surface area contributed by atoms with Crippen LogP contribution in [0.3, 0.4) is 0 Å². The van der Waals surface area contributed by atoms with Crippen LogP contribution in [0.2, 0.25) is 0 Å². The van der Waals surface area contributed by atoms with Crippen LogP contribution in [0, 0.1) is 13.8 Å². The first-order chi connectivity index (χ1) is 13.6. The summed E-state index contributed by atoms with van der Waals surface area (Å²) < 4.78 is 10.9. The van der Waals surface area contributed by atoms with Crippen molar-refractivity contribution in [3.63, 3.8) is 0 Å². The molecule has 1 aliphatic rings. The van der Waals surface area contributed by atoms with E-state index in [1.54, 1.807) is 0 Å². The van der Waals surface area contributed by atoms with Crippen LogP contribution in [0.15, 0.2) is 28.8 Å². The fraction of sp³-hybridized carbons (Fsp3) is 0.524. The van der Waals surface area contributed by atoms with E-state index in [1.165, 1.54) is 0 Å². The fourth-order valence-electron chi connectivity index (χ4n) is 3.28. The lowest BCUT2D eigenvalue weighted by Gasteiger charge is -2.27. The van der Waals surface area contributed by atoms with Crippen molar-refractivity contribution in [1.82, 2.24) is 20.7 Å². The Morgan fingerprint density at radius 2 is 2.00 bits per heavy atom. The van der Waals surface area contributed by atoms with Gasteiger partial charge in [0.1, 0.15) is 18.1 Å². The molecule has 0 saturated carbocycles. The average Bonchev–Trinajstić information content (AvgIpc) is 3.03. The molecule has 0 bridgehead atoms. The molecule has 1 fully saturated rings. The number of benzene rings is 1. The molecule has 1 aromatic heterocycles. The third-order valence-corrected chi connectivity index (χ3v) is 5.04. The molecule has 1 saturated heterocycles. The molecule has 7 nitrogen and oxygen atoms in total. The van der Waals surface area contributed by atoms with Crippen LogP contribution in [-0.2, 0) is 17.8 Å². The molecule has 152 valence electrons. The highest BCUT2D eigenvalue weighted by Crippen LogP contribution is 2.18. The number of carbonyl (C=O) groups excluding carboxylic acids is 1. The number of ether oxygens (including phenoxy) is 1. The van der Waals surface area contributed by atoms with Crippen molar-refractivity contribution in [3.05, 3.63) is 46.8 Å². The lowest BCUT2D eigenvalue weighted by atomic mass is 10.1. The number of nitrogens with one attached hydrogen (secondary N) is 2. The van der Waals surface area contributed by atoms with Gasteiger partial charge in [-0.15, -0.1) is 0 Å². The molecular formula is C21H30N4O3. The Morgan fingerprint density at radius 1 is 1.25 bits per heavy atom. The third-order valence-electron chi connectivity index (χ3n) is 5.04. The summed E-state index contributed by atoms with van der Waals surface area (Å²) in [6, 6.07) is 7.66. The van der Waals surface area contributed by atoms with Crippen LogP contribution < -0.4 is 15.4 Å². The van der Waals surface area contributed by atoms with Crippen LogP contribution in [0.1, 0.15) is 29.0 Å². The Balaban J connectivity index is 1.35. The quantitative estimate of drug-likeness (QED) is 0.640. The minimum atomic E-state index is 0.0599. The molecule has 0 radical (unpaired) electrons. The second kappa shape index (κ2) is 10.2. The summed E-state index contributed by atoms with van der Waals surface area (Å²) in [5, 5.41) is 10.3. The summed E-state index contributed by atoms with van der Waals surface area (Å²) in [6.07, 6.45) is 1.37. The Kier molecular flexibility index (Phi) is 7.45.